The Kier molecular flexibility index (Phi) is 6.21. The largest absolute Gasteiger partial charge is 0.395 e. The molecule has 39 heavy (non-hydrogen) atoms. The van der Waals surface area contributed by atoms with Crippen molar-refractivity contribution in [2.45, 2.75) is 31.3 Å². The van der Waals surface area contributed by atoms with Gasteiger partial charge >= 0.3 is 0 Å². The lowest BCUT2D eigenvalue weighted by Gasteiger charge is -2.34. The van der Waals surface area contributed by atoms with E-state index in [1.165, 1.54) is 19.0 Å². The molecule has 3 saturated heterocycles. The second kappa shape index (κ2) is 10.0. The summed E-state index contributed by atoms with van der Waals surface area (Å²) in [6.45, 7) is 4.83. The number of aliphatic hydroxyl groups excluding tert-OH is 1. The SMILES string of the molecule is OCCN1C[C@@H]2C[C@H]1CN2c1ccc(Nc2cc(-c3ccc4nc(N5CCCC5)ncc4c3)c(F)cn2)cn1. The normalized spacial score (nSPS) is 20.9. The Labute approximate surface area is 226 Å². The molecule has 0 unspecified atom stereocenters. The van der Waals surface area contributed by atoms with E-state index in [9.17, 15) is 9.50 Å². The maximum absolute atomic E-state index is 14.9. The Morgan fingerprint density at radius 2 is 1.85 bits per heavy atom. The van der Waals surface area contributed by atoms with Crippen molar-refractivity contribution in [2.24, 2.45) is 0 Å². The van der Waals surface area contributed by atoms with Crippen LogP contribution in [0.3, 0.4) is 0 Å². The van der Waals surface area contributed by atoms with Gasteiger partial charge in [-0.25, -0.2) is 24.3 Å². The number of hydrogen-bond donors (Lipinski definition) is 2. The average Bonchev–Trinajstić information content (AvgIpc) is 3.73. The molecule has 9 nitrogen and oxygen atoms in total. The Morgan fingerprint density at radius 1 is 0.949 bits per heavy atom. The van der Waals surface area contributed by atoms with Gasteiger partial charge in [-0.2, -0.15) is 0 Å². The highest BCUT2D eigenvalue weighted by molar-refractivity contribution is 5.85. The summed E-state index contributed by atoms with van der Waals surface area (Å²) in [5.41, 5.74) is 2.84. The van der Waals surface area contributed by atoms with Crippen molar-refractivity contribution in [3.05, 3.63) is 60.8 Å². The summed E-state index contributed by atoms with van der Waals surface area (Å²) < 4.78 is 14.9. The first kappa shape index (κ1) is 24.2. The van der Waals surface area contributed by atoms with Crippen molar-refractivity contribution in [3.8, 4) is 11.1 Å². The van der Waals surface area contributed by atoms with Crippen LogP contribution in [0.15, 0.2) is 55.0 Å². The lowest BCUT2D eigenvalue weighted by atomic mass is 10.0. The van der Waals surface area contributed by atoms with Gasteiger partial charge in [-0.05, 0) is 55.2 Å². The Bertz CT molecular complexity index is 1490. The van der Waals surface area contributed by atoms with Gasteiger partial charge in [-0.3, -0.25) is 4.90 Å². The Hall–Kier alpha value is -3.89. The summed E-state index contributed by atoms with van der Waals surface area (Å²) in [5, 5.41) is 13.4. The zero-order valence-electron chi connectivity index (χ0n) is 21.7. The van der Waals surface area contributed by atoms with Crippen LogP contribution in [-0.2, 0) is 0 Å². The maximum Gasteiger partial charge on any atom is 0.225 e. The molecule has 0 amide bonds. The van der Waals surface area contributed by atoms with Crippen molar-refractivity contribution in [1.29, 1.82) is 0 Å². The number of piperazine rings is 1. The highest BCUT2D eigenvalue weighted by Gasteiger charge is 2.43. The predicted octanol–water partition coefficient (Wildman–Crippen LogP) is 3.82. The fourth-order valence-electron chi connectivity index (χ4n) is 6.20. The highest BCUT2D eigenvalue weighted by Crippen LogP contribution is 2.34. The van der Waals surface area contributed by atoms with E-state index in [4.69, 9.17) is 9.97 Å². The van der Waals surface area contributed by atoms with Gasteiger partial charge in [-0.1, -0.05) is 6.07 Å². The minimum Gasteiger partial charge on any atom is -0.395 e. The average molecular weight is 527 g/mol. The van der Waals surface area contributed by atoms with Crippen LogP contribution in [0.4, 0.5) is 27.7 Å². The number of aromatic nitrogens is 4. The predicted molar refractivity (Wildman–Crippen MR) is 150 cm³/mol. The molecule has 7 rings (SSSR count). The monoisotopic (exact) mass is 526 g/mol. The van der Waals surface area contributed by atoms with Gasteiger partial charge in [0, 0.05) is 62.0 Å². The second-order valence-electron chi connectivity index (χ2n) is 10.6. The first-order valence-electron chi connectivity index (χ1n) is 13.7. The van der Waals surface area contributed by atoms with Crippen LogP contribution >= 0.6 is 0 Å². The molecule has 200 valence electrons. The van der Waals surface area contributed by atoms with E-state index in [1.807, 2.05) is 36.5 Å². The van der Waals surface area contributed by atoms with Crippen LogP contribution in [0.1, 0.15) is 19.3 Å². The molecule has 10 heteroatoms. The molecule has 2 bridgehead atoms. The first-order chi connectivity index (χ1) is 19.1. The number of nitrogens with one attached hydrogen (secondary N) is 1. The van der Waals surface area contributed by atoms with Gasteiger partial charge in [0.2, 0.25) is 5.95 Å². The molecule has 2 atom stereocenters. The van der Waals surface area contributed by atoms with Crippen LogP contribution in [0.5, 0.6) is 0 Å². The van der Waals surface area contributed by atoms with Gasteiger partial charge in [0.25, 0.3) is 0 Å². The molecule has 0 aliphatic carbocycles. The summed E-state index contributed by atoms with van der Waals surface area (Å²) in [7, 11) is 0. The molecule has 0 radical (unpaired) electrons. The molecular formula is C29H31FN8O. The molecule has 0 saturated carbocycles. The Balaban J connectivity index is 1.07. The van der Waals surface area contributed by atoms with E-state index < -0.39 is 0 Å². The number of benzene rings is 1. The minimum atomic E-state index is -0.387. The number of aliphatic hydroxyl groups is 1. The lowest BCUT2D eigenvalue weighted by molar-refractivity contribution is 0.177. The smallest absolute Gasteiger partial charge is 0.225 e. The topological polar surface area (TPSA) is 93.5 Å². The summed E-state index contributed by atoms with van der Waals surface area (Å²) in [4.78, 5) is 25.1. The summed E-state index contributed by atoms with van der Waals surface area (Å²) in [5.74, 6) is 1.87. The zero-order chi connectivity index (χ0) is 26.3. The van der Waals surface area contributed by atoms with Crippen LogP contribution in [0, 0.1) is 5.82 Å². The highest BCUT2D eigenvalue weighted by atomic mass is 19.1. The van der Waals surface area contributed by atoms with Crippen LogP contribution in [0.2, 0.25) is 0 Å². The van der Waals surface area contributed by atoms with Gasteiger partial charge < -0.3 is 20.2 Å². The molecule has 1 aromatic carbocycles. The fourth-order valence-corrected chi connectivity index (χ4v) is 6.20. The molecule has 3 aliphatic rings. The minimum absolute atomic E-state index is 0.204. The summed E-state index contributed by atoms with van der Waals surface area (Å²) >= 11 is 0. The van der Waals surface area contributed by atoms with Crippen molar-refractivity contribution < 1.29 is 9.50 Å². The van der Waals surface area contributed by atoms with Crippen LogP contribution in [0.25, 0.3) is 22.0 Å². The summed E-state index contributed by atoms with van der Waals surface area (Å²) in [6, 6.07) is 12.4. The van der Waals surface area contributed by atoms with Crippen LogP contribution < -0.4 is 15.1 Å². The molecule has 0 spiro atoms. The van der Waals surface area contributed by atoms with Gasteiger partial charge in [0.15, 0.2) is 0 Å². The van der Waals surface area contributed by atoms with Crippen molar-refractivity contribution in [2.75, 3.05) is 54.4 Å². The number of rotatable bonds is 7. The number of pyridine rings is 2. The van der Waals surface area contributed by atoms with E-state index in [0.717, 1.165) is 73.1 Å². The van der Waals surface area contributed by atoms with E-state index >= 15 is 0 Å². The Morgan fingerprint density at radius 3 is 2.62 bits per heavy atom. The lowest BCUT2D eigenvalue weighted by Crippen LogP contribution is -2.47. The zero-order valence-corrected chi connectivity index (χ0v) is 21.7. The number of anilines is 4. The summed E-state index contributed by atoms with van der Waals surface area (Å²) in [6.07, 6.45) is 8.31. The second-order valence-corrected chi connectivity index (χ2v) is 10.6. The number of likely N-dealkylation sites (tertiary alicyclic amines) is 1. The van der Waals surface area contributed by atoms with Crippen LogP contribution in [-0.4, -0.2) is 81.4 Å². The van der Waals surface area contributed by atoms with Crippen molar-refractivity contribution in [3.63, 3.8) is 0 Å². The maximum atomic E-state index is 14.9. The molecule has 3 aromatic heterocycles. The molecule has 6 heterocycles. The van der Waals surface area contributed by atoms with Gasteiger partial charge in [0.1, 0.15) is 17.5 Å². The third-order valence-electron chi connectivity index (χ3n) is 8.18. The standard InChI is InChI=1S/C29H31FN8O/c30-25-16-31-27(34-21-4-6-28(32-15-21)38-18-22-12-23(38)17-37(22)9-10-39)13-24(25)19-3-5-26-20(11-19)14-33-29(35-26)36-7-1-2-8-36/h3-6,11,13-16,22-23,39H,1-2,7-10,12,17-18H2,(H,31,34)/t22-,23-/m0/s1. The number of nitrogens with zero attached hydrogens (tertiary/aromatic N) is 7. The third kappa shape index (κ3) is 4.63. The molecular weight excluding hydrogens is 495 g/mol. The third-order valence-corrected chi connectivity index (χ3v) is 8.18. The van der Waals surface area contributed by atoms with E-state index in [0.29, 0.717) is 23.5 Å². The molecule has 3 aliphatic heterocycles. The van der Waals surface area contributed by atoms with E-state index in [2.05, 4.69) is 30.0 Å². The quantitative estimate of drug-likeness (QED) is 0.373. The molecule has 4 aromatic rings. The molecule has 3 fully saturated rings. The van der Waals surface area contributed by atoms with E-state index in [-0.39, 0.29) is 12.4 Å². The number of halogens is 1. The van der Waals surface area contributed by atoms with E-state index in [1.54, 1.807) is 12.3 Å². The molecule has 2 N–H and O–H groups in total. The number of fused-ring (bicyclic) bond motifs is 3. The number of β-amino-alcohol motifs (C(OH)–C–C–N with tert-alkyl or cyclic N) is 1. The van der Waals surface area contributed by atoms with Gasteiger partial charge in [-0.15, -0.1) is 0 Å². The van der Waals surface area contributed by atoms with Gasteiger partial charge in [0.05, 0.1) is 30.2 Å². The van der Waals surface area contributed by atoms with Crippen molar-refractivity contribution >= 4 is 34.2 Å². The van der Waals surface area contributed by atoms with Crippen molar-refractivity contribution in [1.82, 2.24) is 24.8 Å². The number of hydrogen-bond acceptors (Lipinski definition) is 9. The fraction of sp³-hybridized carbons (Fsp3) is 0.379. The first-order valence-corrected chi connectivity index (χ1v) is 13.7.